The zero-order chi connectivity index (χ0) is 14.4. The third-order valence-corrected chi connectivity index (χ3v) is 3.54. The number of rotatable bonds is 7. The molecular weight excluding hydrogens is 256 g/mol. The highest BCUT2D eigenvalue weighted by molar-refractivity contribution is 5.34. The number of hydrogen-bond acceptors (Lipinski definition) is 5. The molecule has 5 heteroatoms. The molecule has 0 amide bonds. The minimum absolute atomic E-state index is 0.178. The first-order chi connectivity index (χ1) is 9.61. The highest BCUT2D eigenvalue weighted by atomic mass is 16.5. The van der Waals surface area contributed by atoms with Crippen molar-refractivity contribution in [2.75, 3.05) is 19.7 Å². The summed E-state index contributed by atoms with van der Waals surface area (Å²) in [7, 11) is 0. The van der Waals surface area contributed by atoms with Gasteiger partial charge in [0, 0.05) is 13.1 Å². The summed E-state index contributed by atoms with van der Waals surface area (Å²) in [5.74, 6) is 0.626. The fraction of sp³-hybridized carbons (Fsp3) is 0.533. The quantitative estimate of drug-likeness (QED) is 0.686. The number of nitriles is 1. The summed E-state index contributed by atoms with van der Waals surface area (Å²) >= 11 is 0. The highest BCUT2D eigenvalue weighted by Crippen LogP contribution is 2.30. The van der Waals surface area contributed by atoms with Crippen LogP contribution in [0.3, 0.4) is 0 Å². The van der Waals surface area contributed by atoms with Gasteiger partial charge in [0.05, 0.1) is 17.2 Å². The summed E-state index contributed by atoms with van der Waals surface area (Å²) in [6.45, 7) is 1.08. The molecule has 3 N–H and O–H groups in total. The Morgan fingerprint density at radius 3 is 2.60 bits per heavy atom. The Balaban J connectivity index is 1.64. The van der Waals surface area contributed by atoms with E-state index in [0.29, 0.717) is 24.4 Å². The minimum Gasteiger partial charge on any atom is -0.491 e. The number of nitrogens with zero attached hydrogens (tertiary/aromatic N) is 1. The second-order valence-electron chi connectivity index (χ2n) is 5.31. The van der Waals surface area contributed by atoms with E-state index < -0.39 is 11.7 Å². The first kappa shape index (κ1) is 14.8. The van der Waals surface area contributed by atoms with Crippen LogP contribution in [0.4, 0.5) is 0 Å². The molecule has 108 valence electrons. The summed E-state index contributed by atoms with van der Waals surface area (Å²) in [6.07, 6.45) is 2.10. The maximum atomic E-state index is 9.88. The van der Waals surface area contributed by atoms with Gasteiger partial charge in [0.1, 0.15) is 18.5 Å². The standard InChI is InChI=1S/C15H20N2O3/c16-8-12-2-4-14(5-3-12)20-10-13(18)9-17-11-15(19)6-1-7-15/h2-5,13,17-19H,1,6-7,9-11H2. The molecule has 0 aromatic heterocycles. The van der Waals surface area contributed by atoms with E-state index in [4.69, 9.17) is 10.00 Å². The lowest BCUT2D eigenvalue weighted by Gasteiger charge is -2.36. The molecule has 1 aromatic rings. The number of aliphatic hydroxyl groups excluding tert-OH is 1. The molecule has 0 aliphatic heterocycles. The van der Waals surface area contributed by atoms with Gasteiger partial charge in [0.25, 0.3) is 0 Å². The van der Waals surface area contributed by atoms with Gasteiger partial charge in [-0.15, -0.1) is 0 Å². The predicted molar refractivity (Wildman–Crippen MR) is 74.3 cm³/mol. The molecule has 0 saturated heterocycles. The lowest BCUT2D eigenvalue weighted by Crippen LogP contribution is -2.48. The maximum absolute atomic E-state index is 9.88. The van der Waals surface area contributed by atoms with E-state index in [2.05, 4.69) is 5.32 Å². The Morgan fingerprint density at radius 2 is 2.05 bits per heavy atom. The molecule has 5 nitrogen and oxygen atoms in total. The SMILES string of the molecule is N#Cc1ccc(OCC(O)CNCC2(O)CCC2)cc1. The van der Waals surface area contributed by atoms with Crippen LogP contribution in [0.15, 0.2) is 24.3 Å². The lowest BCUT2D eigenvalue weighted by atomic mass is 9.80. The molecule has 1 aliphatic rings. The first-order valence-corrected chi connectivity index (χ1v) is 6.85. The van der Waals surface area contributed by atoms with E-state index >= 15 is 0 Å². The van der Waals surface area contributed by atoms with E-state index in [1.807, 2.05) is 6.07 Å². The molecule has 1 atom stereocenters. The second kappa shape index (κ2) is 6.71. The van der Waals surface area contributed by atoms with Crippen LogP contribution >= 0.6 is 0 Å². The van der Waals surface area contributed by atoms with Gasteiger partial charge in [0.15, 0.2) is 0 Å². The fourth-order valence-electron chi connectivity index (χ4n) is 2.11. The number of aliphatic hydroxyl groups is 2. The van der Waals surface area contributed by atoms with Gasteiger partial charge >= 0.3 is 0 Å². The van der Waals surface area contributed by atoms with Crippen molar-refractivity contribution >= 4 is 0 Å². The van der Waals surface area contributed by atoms with Crippen LogP contribution in [0, 0.1) is 11.3 Å². The minimum atomic E-state index is -0.630. The molecule has 1 aromatic carbocycles. The Hall–Kier alpha value is -1.61. The highest BCUT2D eigenvalue weighted by Gasteiger charge is 2.33. The summed E-state index contributed by atoms with van der Waals surface area (Å²) in [5, 5.41) is 31.4. The summed E-state index contributed by atoms with van der Waals surface area (Å²) in [6, 6.07) is 8.79. The lowest BCUT2D eigenvalue weighted by molar-refractivity contribution is -0.0334. The monoisotopic (exact) mass is 276 g/mol. The van der Waals surface area contributed by atoms with Gasteiger partial charge in [-0.1, -0.05) is 0 Å². The van der Waals surface area contributed by atoms with Crippen LogP contribution in [0.25, 0.3) is 0 Å². The molecular formula is C15H20N2O3. The number of hydrogen-bond donors (Lipinski definition) is 3. The molecule has 0 bridgehead atoms. The molecule has 2 rings (SSSR count). The number of benzene rings is 1. The van der Waals surface area contributed by atoms with Crippen molar-refractivity contribution in [1.82, 2.24) is 5.32 Å². The molecule has 0 heterocycles. The van der Waals surface area contributed by atoms with Crippen LogP contribution in [-0.4, -0.2) is 41.6 Å². The normalized spacial score (nSPS) is 17.9. The Bertz CT molecular complexity index is 463. The van der Waals surface area contributed by atoms with Crippen molar-refractivity contribution in [3.8, 4) is 11.8 Å². The molecule has 20 heavy (non-hydrogen) atoms. The molecule has 0 radical (unpaired) electrons. The topological polar surface area (TPSA) is 85.5 Å². The van der Waals surface area contributed by atoms with Gasteiger partial charge in [-0.25, -0.2) is 0 Å². The van der Waals surface area contributed by atoms with Gasteiger partial charge in [0.2, 0.25) is 0 Å². The van der Waals surface area contributed by atoms with Crippen molar-refractivity contribution in [3.63, 3.8) is 0 Å². The van der Waals surface area contributed by atoms with Crippen LogP contribution in [0.2, 0.25) is 0 Å². The van der Waals surface area contributed by atoms with Crippen molar-refractivity contribution < 1.29 is 14.9 Å². The molecule has 1 saturated carbocycles. The first-order valence-electron chi connectivity index (χ1n) is 6.85. The third kappa shape index (κ3) is 4.20. The van der Waals surface area contributed by atoms with Gasteiger partial charge < -0.3 is 20.3 Å². The van der Waals surface area contributed by atoms with Crippen molar-refractivity contribution in [2.24, 2.45) is 0 Å². The molecule has 0 spiro atoms. The summed E-state index contributed by atoms with van der Waals surface area (Å²) in [4.78, 5) is 0. The zero-order valence-corrected chi connectivity index (χ0v) is 11.4. The average molecular weight is 276 g/mol. The van der Waals surface area contributed by atoms with E-state index in [0.717, 1.165) is 19.3 Å². The van der Waals surface area contributed by atoms with Crippen molar-refractivity contribution in [1.29, 1.82) is 5.26 Å². The van der Waals surface area contributed by atoms with E-state index in [-0.39, 0.29) is 6.61 Å². The zero-order valence-electron chi connectivity index (χ0n) is 11.4. The van der Waals surface area contributed by atoms with Crippen LogP contribution in [0.1, 0.15) is 24.8 Å². The average Bonchev–Trinajstić information content (AvgIpc) is 2.44. The number of nitrogens with one attached hydrogen (secondary N) is 1. The van der Waals surface area contributed by atoms with Crippen molar-refractivity contribution in [2.45, 2.75) is 31.0 Å². The largest absolute Gasteiger partial charge is 0.491 e. The van der Waals surface area contributed by atoms with E-state index in [1.54, 1.807) is 24.3 Å². The van der Waals surface area contributed by atoms with Crippen LogP contribution in [-0.2, 0) is 0 Å². The molecule has 1 unspecified atom stereocenters. The van der Waals surface area contributed by atoms with Crippen molar-refractivity contribution in [3.05, 3.63) is 29.8 Å². The van der Waals surface area contributed by atoms with E-state index in [1.165, 1.54) is 0 Å². The van der Waals surface area contributed by atoms with Gasteiger partial charge in [-0.05, 0) is 43.5 Å². The molecule has 1 aliphatic carbocycles. The second-order valence-corrected chi connectivity index (χ2v) is 5.31. The smallest absolute Gasteiger partial charge is 0.119 e. The van der Waals surface area contributed by atoms with Gasteiger partial charge in [-0.2, -0.15) is 5.26 Å². The summed E-state index contributed by atoms with van der Waals surface area (Å²) < 4.78 is 5.43. The molecule has 1 fully saturated rings. The van der Waals surface area contributed by atoms with E-state index in [9.17, 15) is 10.2 Å². The number of ether oxygens (including phenoxy) is 1. The third-order valence-electron chi connectivity index (χ3n) is 3.54. The predicted octanol–water partition coefficient (Wildman–Crippen LogP) is 0.803. The van der Waals surface area contributed by atoms with Gasteiger partial charge in [-0.3, -0.25) is 0 Å². The Labute approximate surface area is 118 Å². The fourth-order valence-corrected chi connectivity index (χ4v) is 2.11. The Kier molecular flexibility index (Phi) is 4.96. The van der Waals surface area contributed by atoms with Crippen LogP contribution in [0.5, 0.6) is 5.75 Å². The van der Waals surface area contributed by atoms with Crippen LogP contribution < -0.4 is 10.1 Å². The Morgan fingerprint density at radius 1 is 1.35 bits per heavy atom. The summed E-state index contributed by atoms with van der Waals surface area (Å²) in [5.41, 5.74) is 0.00144. The maximum Gasteiger partial charge on any atom is 0.119 e.